The Hall–Kier alpha value is -5.96. The summed E-state index contributed by atoms with van der Waals surface area (Å²) in [5.41, 5.74) is 4.14. The molecule has 230 valence electrons. The highest BCUT2D eigenvalue weighted by molar-refractivity contribution is 6.11. The van der Waals surface area contributed by atoms with Crippen molar-refractivity contribution in [3.05, 3.63) is 132 Å². The largest absolute Gasteiger partial charge is 0.493 e. The summed E-state index contributed by atoms with van der Waals surface area (Å²) in [5.74, 6) is 2.21. The van der Waals surface area contributed by atoms with Crippen molar-refractivity contribution in [3.63, 3.8) is 0 Å². The Morgan fingerprint density at radius 3 is 2.48 bits per heavy atom. The van der Waals surface area contributed by atoms with Crippen molar-refractivity contribution in [1.82, 2.24) is 9.55 Å². The van der Waals surface area contributed by atoms with Gasteiger partial charge in [0.05, 0.1) is 18.9 Å². The normalized spacial score (nSPS) is 12.0. The number of benzene rings is 4. The van der Waals surface area contributed by atoms with E-state index in [-0.39, 0.29) is 6.61 Å². The first-order valence-corrected chi connectivity index (χ1v) is 14.7. The van der Waals surface area contributed by atoms with Crippen molar-refractivity contribution >= 4 is 27.8 Å². The van der Waals surface area contributed by atoms with Gasteiger partial charge in [-0.05, 0) is 55.0 Å². The maximum atomic E-state index is 12.3. The smallest absolute Gasteiger partial charge is 0.349 e. The summed E-state index contributed by atoms with van der Waals surface area (Å²) in [4.78, 5) is 16.8. The Morgan fingerprint density at radius 1 is 0.891 bits per heavy atom. The zero-order valence-corrected chi connectivity index (χ0v) is 25.2. The number of hydrogen-bond donors (Lipinski definition) is 1. The second kappa shape index (κ2) is 12.2. The number of rotatable bonds is 11. The summed E-state index contributed by atoms with van der Waals surface area (Å²) >= 11 is 0. The monoisotopic (exact) mass is 614 g/mol. The quantitative estimate of drug-likeness (QED) is 0.155. The van der Waals surface area contributed by atoms with Gasteiger partial charge in [0.1, 0.15) is 23.8 Å². The number of fused-ring (bicyclic) bond motifs is 3. The Labute approximate surface area is 264 Å². The third-order valence-corrected chi connectivity index (χ3v) is 7.89. The van der Waals surface area contributed by atoms with E-state index in [0.717, 1.165) is 27.4 Å². The number of para-hydroxylation sites is 1. The number of ether oxygens (including phenoxy) is 3. The lowest BCUT2D eigenvalue weighted by molar-refractivity contribution is -0.145. The van der Waals surface area contributed by atoms with E-state index in [9.17, 15) is 9.90 Å². The minimum absolute atomic E-state index is 0.196. The molecule has 7 rings (SSSR count). The van der Waals surface area contributed by atoms with Crippen LogP contribution in [0.3, 0.4) is 0 Å². The summed E-state index contributed by atoms with van der Waals surface area (Å²) in [6.07, 6.45) is 0.424. The number of aryl methyl sites for hydroxylation is 1. The molecule has 0 aliphatic carbocycles. The first-order chi connectivity index (χ1) is 22.5. The van der Waals surface area contributed by atoms with Crippen molar-refractivity contribution in [1.29, 1.82) is 0 Å². The minimum Gasteiger partial charge on any atom is -0.493 e. The van der Waals surface area contributed by atoms with Crippen LogP contribution in [0.2, 0.25) is 0 Å². The summed E-state index contributed by atoms with van der Waals surface area (Å²) in [6.45, 7) is 2.56. The molecular weight excluding hydrogens is 584 g/mol. The average molecular weight is 615 g/mol. The van der Waals surface area contributed by atoms with Gasteiger partial charge in [0.25, 0.3) is 5.89 Å². The maximum Gasteiger partial charge on any atom is 0.349 e. The fourth-order valence-corrected chi connectivity index (χ4v) is 5.68. The van der Waals surface area contributed by atoms with E-state index in [2.05, 4.69) is 15.6 Å². The van der Waals surface area contributed by atoms with Gasteiger partial charge in [0.15, 0.2) is 17.3 Å². The molecule has 3 aromatic heterocycles. The summed E-state index contributed by atoms with van der Waals surface area (Å²) in [5, 5.41) is 11.9. The van der Waals surface area contributed by atoms with E-state index in [1.54, 1.807) is 49.8 Å². The zero-order chi connectivity index (χ0) is 31.6. The lowest BCUT2D eigenvalue weighted by Gasteiger charge is -2.17. The molecule has 0 saturated heterocycles. The van der Waals surface area contributed by atoms with Crippen LogP contribution in [0, 0.1) is 6.92 Å². The lowest BCUT2D eigenvalue weighted by atomic mass is 10.1. The third-order valence-electron chi connectivity index (χ3n) is 7.89. The molecule has 0 aliphatic heterocycles. The van der Waals surface area contributed by atoms with Gasteiger partial charge in [-0.25, -0.2) is 9.78 Å². The predicted molar refractivity (Wildman–Crippen MR) is 172 cm³/mol. The van der Waals surface area contributed by atoms with Gasteiger partial charge in [-0.3, -0.25) is 0 Å². The molecule has 0 radical (unpaired) electrons. The van der Waals surface area contributed by atoms with Crippen LogP contribution in [0.25, 0.3) is 33.5 Å². The van der Waals surface area contributed by atoms with E-state index in [1.807, 2.05) is 67.6 Å². The molecule has 0 spiro atoms. The summed E-state index contributed by atoms with van der Waals surface area (Å²) in [6, 6.07) is 32.2. The number of aromatic nitrogens is 2. The Balaban J connectivity index is 1.18. The van der Waals surface area contributed by atoms with Gasteiger partial charge in [-0.1, -0.05) is 60.7 Å². The number of carboxylic acids is 1. The number of carbonyl (C=O) groups is 1. The molecule has 0 saturated carbocycles. The molecule has 4 aromatic carbocycles. The SMILES string of the molecule is COc1cc(Cn2c3ccccc3c3c(OC(C(=O)O)c4ccccc4)cccc32)ccc1OCc1nc(-c2ccco2)oc1C. The van der Waals surface area contributed by atoms with Gasteiger partial charge in [0, 0.05) is 28.4 Å². The molecular formula is C37H30N2O7. The highest BCUT2D eigenvalue weighted by atomic mass is 16.5. The minimum atomic E-state index is -1.15. The molecule has 0 bridgehead atoms. The van der Waals surface area contributed by atoms with Crippen LogP contribution in [-0.2, 0) is 17.9 Å². The molecule has 1 atom stereocenters. The van der Waals surface area contributed by atoms with E-state index < -0.39 is 12.1 Å². The van der Waals surface area contributed by atoms with Crippen LogP contribution < -0.4 is 14.2 Å². The molecule has 0 amide bonds. The van der Waals surface area contributed by atoms with Crippen LogP contribution >= 0.6 is 0 Å². The highest BCUT2D eigenvalue weighted by Crippen LogP contribution is 2.39. The number of methoxy groups -OCH3 is 1. The van der Waals surface area contributed by atoms with Gasteiger partial charge in [-0.2, -0.15) is 0 Å². The topological polar surface area (TPSA) is 109 Å². The van der Waals surface area contributed by atoms with Crippen molar-refractivity contribution in [2.24, 2.45) is 0 Å². The van der Waals surface area contributed by atoms with Crippen LogP contribution in [-0.4, -0.2) is 27.7 Å². The molecule has 9 nitrogen and oxygen atoms in total. The van der Waals surface area contributed by atoms with Crippen LogP contribution in [0.15, 0.2) is 118 Å². The molecule has 46 heavy (non-hydrogen) atoms. The number of carboxylic acid groups (broad SMARTS) is 1. The average Bonchev–Trinajstić information content (AvgIpc) is 3.82. The van der Waals surface area contributed by atoms with Gasteiger partial charge in [-0.15, -0.1) is 0 Å². The molecule has 1 unspecified atom stereocenters. The molecule has 1 N–H and O–H groups in total. The van der Waals surface area contributed by atoms with Gasteiger partial charge >= 0.3 is 5.97 Å². The van der Waals surface area contributed by atoms with E-state index in [1.165, 1.54) is 0 Å². The van der Waals surface area contributed by atoms with Crippen molar-refractivity contribution in [3.8, 4) is 28.9 Å². The van der Waals surface area contributed by atoms with Crippen molar-refractivity contribution < 1.29 is 32.9 Å². The zero-order valence-electron chi connectivity index (χ0n) is 25.2. The van der Waals surface area contributed by atoms with E-state index in [0.29, 0.717) is 52.5 Å². The van der Waals surface area contributed by atoms with Crippen LogP contribution in [0.5, 0.6) is 17.2 Å². The van der Waals surface area contributed by atoms with Gasteiger partial charge in [0.2, 0.25) is 6.10 Å². The fourth-order valence-electron chi connectivity index (χ4n) is 5.68. The van der Waals surface area contributed by atoms with Crippen LogP contribution in [0.4, 0.5) is 0 Å². The first-order valence-electron chi connectivity index (χ1n) is 14.7. The van der Waals surface area contributed by atoms with Gasteiger partial charge < -0.3 is 32.7 Å². The second-order valence-electron chi connectivity index (χ2n) is 10.8. The molecule has 7 aromatic rings. The molecule has 3 heterocycles. The molecule has 0 fully saturated rings. The van der Waals surface area contributed by atoms with Crippen molar-refractivity contribution in [2.45, 2.75) is 26.2 Å². The van der Waals surface area contributed by atoms with E-state index in [4.69, 9.17) is 23.0 Å². The highest BCUT2D eigenvalue weighted by Gasteiger charge is 2.24. The van der Waals surface area contributed by atoms with E-state index >= 15 is 0 Å². The Bertz CT molecular complexity index is 2150. The summed E-state index contributed by atoms with van der Waals surface area (Å²) < 4.78 is 31.4. The first kappa shape index (κ1) is 28.8. The van der Waals surface area contributed by atoms with Crippen molar-refractivity contribution in [2.75, 3.05) is 7.11 Å². The second-order valence-corrected chi connectivity index (χ2v) is 10.8. The lowest BCUT2D eigenvalue weighted by Crippen LogP contribution is -2.18. The third kappa shape index (κ3) is 5.43. The number of aliphatic carboxylic acids is 1. The number of furan rings is 1. The summed E-state index contributed by atoms with van der Waals surface area (Å²) in [7, 11) is 1.61. The van der Waals surface area contributed by atoms with Crippen LogP contribution in [0.1, 0.15) is 28.7 Å². The number of oxazole rings is 1. The maximum absolute atomic E-state index is 12.3. The Kier molecular flexibility index (Phi) is 7.64. The molecule has 9 heteroatoms. The predicted octanol–water partition coefficient (Wildman–Crippen LogP) is 8.19. The Morgan fingerprint density at radius 2 is 1.70 bits per heavy atom. The fraction of sp³-hybridized carbons (Fsp3) is 0.135. The standard InChI is InChI=1S/C37H30N2O7/c1-23-27(38-36(45-23)32-16-9-19-43-32)22-44-30-18-17-24(20-33(30)42-2)21-39-28-13-7-6-12-26(28)34-29(39)14-8-15-31(34)46-35(37(40)41)25-10-4-3-5-11-25/h3-20,35H,21-22H2,1-2H3,(H,40,41). The number of hydrogen-bond acceptors (Lipinski definition) is 7. The number of nitrogens with zero attached hydrogens (tertiary/aromatic N) is 2. The molecule has 0 aliphatic rings.